The third-order valence-corrected chi connectivity index (χ3v) is 32.2. The van der Waals surface area contributed by atoms with Gasteiger partial charge >= 0.3 is 0 Å². The quantitative estimate of drug-likeness (QED) is 0.0357. The Morgan fingerprint density at radius 1 is 0.264 bits per heavy atom. The first-order chi connectivity index (χ1) is 52.1. The Morgan fingerprint density at radius 3 is 0.830 bits per heavy atom. The highest BCUT2D eigenvalue weighted by atomic mass is 32.1. The molecule has 0 spiro atoms. The fraction of sp³-hybridized carbons (Fsp3) is 0.596. The number of unbranched alkanes of at least 4 members (excludes halogenated alkanes) is 28. The molecule has 10 rings (SSSR count). The molecule has 8 aromatic rings. The van der Waals surface area contributed by atoms with E-state index in [-0.39, 0.29) is 11.8 Å². The van der Waals surface area contributed by atoms with Gasteiger partial charge in [-0.1, -0.05) is 261 Å². The summed E-state index contributed by atoms with van der Waals surface area (Å²) in [6, 6.07) is 28.7. The first kappa shape index (κ1) is 84.5. The Kier molecular flexibility index (Phi) is 36.8. The van der Waals surface area contributed by atoms with Crippen molar-refractivity contribution >= 4 is 114 Å². The fourth-order valence-electron chi connectivity index (χ4n) is 16.3. The van der Waals surface area contributed by atoms with Crippen LogP contribution in [-0.4, -0.2) is 34.7 Å². The second kappa shape index (κ2) is 46.1. The Labute approximate surface area is 675 Å². The van der Waals surface area contributed by atoms with E-state index in [2.05, 4.69) is 149 Å². The van der Waals surface area contributed by atoms with E-state index < -0.39 is 0 Å². The minimum Gasteiger partial charge on any atom is -0.306 e. The Hall–Kier alpha value is -3.98. The maximum atomic E-state index is 17.0. The molecule has 0 aromatic carbocycles. The van der Waals surface area contributed by atoms with Crippen molar-refractivity contribution in [3.05, 3.63) is 127 Å². The topological polar surface area (TPSA) is 40.6 Å². The molecule has 578 valence electrons. The maximum absolute atomic E-state index is 17.0. The van der Waals surface area contributed by atoms with E-state index in [1.165, 1.54) is 299 Å². The van der Waals surface area contributed by atoms with E-state index in [1.54, 1.807) is 0 Å². The summed E-state index contributed by atoms with van der Waals surface area (Å²) in [4.78, 5) is 56.9. The van der Waals surface area contributed by atoms with E-state index >= 15 is 9.59 Å². The molecule has 0 fully saturated rings. The SMILES string of the molecule is CCCCCCCCC(CCCCCC)CN1C(=O)C2=C(c3cc(CCCCCC)c(-c4ccc(-c5ccc(-c6sccc6CCCCCC)s5)s4)s3)N(CC(CCCCCC)CCCCCCCC)C(=O)C2=C1c1cc(CCCCCC)c(-c2ccc(-c3ccc(-c4sccc4CCCCCC)s3)s2)s1. The third kappa shape index (κ3) is 23.6. The molecule has 2 unspecified atom stereocenters. The molecule has 2 atom stereocenters. The van der Waals surface area contributed by atoms with Gasteiger partial charge in [0.05, 0.1) is 32.3 Å². The lowest BCUT2D eigenvalue weighted by Gasteiger charge is -2.29. The molecule has 2 aliphatic rings. The van der Waals surface area contributed by atoms with E-state index in [9.17, 15) is 0 Å². The fourth-order valence-corrected chi connectivity index (χ4v) is 25.6. The number of nitrogens with zero attached hydrogens (tertiary/aromatic N) is 2. The van der Waals surface area contributed by atoms with Gasteiger partial charge in [-0.25, -0.2) is 0 Å². The highest BCUT2D eigenvalue weighted by molar-refractivity contribution is 7.29. The predicted molar refractivity (Wildman–Crippen MR) is 478 cm³/mol. The Bertz CT molecular complexity index is 3680. The summed E-state index contributed by atoms with van der Waals surface area (Å²) in [6.45, 7) is 19.8. The summed E-state index contributed by atoms with van der Waals surface area (Å²) in [5.74, 6) is 0.815. The normalized spacial score (nSPS) is 13.9. The first-order valence-electron chi connectivity index (χ1n) is 43.1. The monoisotopic (exact) mass is 1580 g/mol. The van der Waals surface area contributed by atoms with Gasteiger partial charge in [0.2, 0.25) is 0 Å². The van der Waals surface area contributed by atoms with E-state index in [1.807, 2.05) is 90.7 Å². The molecular formula is C94H132N2O2S8. The van der Waals surface area contributed by atoms with Gasteiger partial charge in [0, 0.05) is 71.6 Å². The van der Waals surface area contributed by atoms with E-state index in [0.717, 1.165) is 85.4 Å². The lowest BCUT2D eigenvalue weighted by atomic mass is 9.93. The molecule has 0 aliphatic carbocycles. The smallest absolute Gasteiger partial charge is 0.261 e. The number of hydrogen-bond donors (Lipinski definition) is 0. The lowest BCUT2D eigenvalue weighted by Crippen LogP contribution is -2.34. The average Bonchev–Trinajstić information content (AvgIpc) is 1.55. The van der Waals surface area contributed by atoms with Crippen LogP contribution in [0.5, 0.6) is 0 Å². The summed E-state index contributed by atoms with van der Waals surface area (Å²) < 4.78 is 0. The van der Waals surface area contributed by atoms with Gasteiger partial charge in [0.25, 0.3) is 11.8 Å². The van der Waals surface area contributed by atoms with Crippen LogP contribution in [0.3, 0.4) is 0 Å². The van der Waals surface area contributed by atoms with Gasteiger partial charge in [-0.2, -0.15) is 0 Å². The van der Waals surface area contributed by atoms with Crippen molar-refractivity contribution in [2.24, 2.45) is 11.8 Å². The van der Waals surface area contributed by atoms with Gasteiger partial charge < -0.3 is 9.80 Å². The maximum Gasteiger partial charge on any atom is 0.261 e. The molecule has 106 heavy (non-hydrogen) atoms. The standard InChI is InChI=1S/C94H132N2O2S8/c1-9-17-25-33-35-39-47-69(45-37-27-19-11-3)67-95-87(83-65-73(51-43-31-23-15-7)91(105-83)81-59-55-77(103-81)75-53-57-79(101-75)89-71(61-63-99-89)49-41-29-21-13-5)85-86(93(95)97)88(96(94(85)98)68-70(46-38-28-20-12-4)48-40-36-34-26-18-10-2)84-66-74(52-44-32-24-16-8)92(106-84)82-60-56-78(104-82)76-54-58-80(102-76)90-72(62-64-100-90)50-42-30-22-14-6/h53-66,69-70H,9-52,67-68H2,1-8H3. The highest BCUT2D eigenvalue weighted by Crippen LogP contribution is 2.55. The van der Waals surface area contributed by atoms with Gasteiger partial charge in [0.1, 0.15) is 0 Å². The number of thiophene rings is 8. The van der Waals surface area contributed by atoms with Crippen LogP contribution < -0.4 is 0 Å². The number of carbonyl (C=O) groups is 2. The van der Waals surface area contributed by atoms with Gasteiger partial charge in [-0.15, -0.1) is 90.7 Å². The van der Waals surface area contributed by atoms with Crippen LogP contribution in [0.1, 0.15) is 344 Å². The van der Waals surface area contributed by atoms with Crippen molar-refractivity contribution in [1.82, 2.24) is 9.80 Å². The van der Waals surface area contributed by atoms with Crippen LogP contribution in [0.15, 0.2) is 94.7 Å². The summed E-state index contributed by atoms with van der Waals surface area (Å²) in [6.07, 6.45) is 53.2. The molecule has 10 heterocycles. The highest BCUT2D eigenvalue weighted by Gasteiger charge is 2.50. The first-order valence-corrected chi connectivity index (χ1v) is 49.7. The lowest BCUT2D eigenvalue weighted by molar-refractivity contribution is -0.124. The number of aryl methyl sites for hydroxylation is 4. The molecule has 2 aliphatic heterocycles. The second-order valence-corrected chi connectivity index (χ2v) is 39.5. The van der Waals surface area contributed by atoms with Crippen molar-refractivity contribution in [3.8, 4) is 58.5 Å². The van der Waals surface area contributed by atoms with E-state index in [4.69, 9.17) is 0 Å². The van der Waals surface area contributed by atoms with Gasteiger partial charge in [0.15, 0.2) is 0 Å². The molecule has 0 saturated carbocycles. The molecule has 12 heteroatoms. The van der Waals surface area contributed by atoms with Crippen LogP contribution >= 0.6 is 90.7 Å². The number of carbonyl (C=O) groups excluding carboxylic acids is 2. The molecule has 0 bridgehead atoms. The average molecular weight is 1580 g/mol. The number of rotatable bonds is 56. The van der Waals surface area contributed by atoms with Crippen molar-refractivity contribution in [3.63, 3.8) is 0 Å². The van der Waals surface area contributed by atoms with Crippen LogP contribution in [0.4, 0.5) is 0 Å². The van der Waals surface area contributed by atoms with Crippen LogP contribution in [-0.2, 0) is 35.3 Å². The van der Waals surface area contributed by atoms with Crippen molar-refractivity contribution in [2.75, 3.05) is 13.1 Å². The Balaban J connectivity index is 1.11. The number of hydrogen-bond acceptors (Lipinski definition) is 10. The van der Waals surface area contributed by atoms with Gasteiger partial charge in [-0.3, -0.25) is 9.59 Å². The summed E-state index contributed by atoms with van der Waals surface area (Å²) in [5.41, 5.74) is 8.95. The number of fused-ring (bicyclic) bond motifs is 1. The molecule has 0 N–H and O–H groups in total. The summed E-state index contributed by atoms with van der Waals surface area (Å²) >= 11 is 15.3. The van der Waals surface area contributed by atoms with Crippen LogP contribution in [0, 0.1) is 11.8 Å². The zero-order valence-electron chi connectivity index (χ0n) is 66.7. The minimum atomic E-state index is 0.0650. The van der Waals surface area contributed by atoms with Gasteiger partial charge in [-0.05, 0) is 195 Å². The second-order valence-electron chi connectivity index (χ2n) is 31.2. The van der Waals surface area contributed by atoms with Crippen molar-refractivity contribution in [1.29, 1.82) is 0 Å². The molecular weight excluding hydrogens is 1450 g/mol. The molecule has 2 amide bonds. The molecule has 8 aromatic heterocycles. The van der Waals surface area contributed by atoms with Crippen molar-refractivity contribution < 1.29 is 9.59 Å². The largest absolute Gasteiger partial charge is 0.306 e. The zero-order valence-corrected chi connectivity index (χ0v) is 73.3. The van der Waals surface area contributed by atoms with Crippen molar-refractivity contribution in [2.45, 2.75) is 338 Å². The molecule has 0 saturated heterocycles. The van der Waals surface area contributed by atoms with Crippen LogP contribution in [0.25, 0.3) is 69.9 Å². The molecule has 4 nitrogen and oxygen atoms in total. The van der Waals surface area contributed by atoms with Crippen LogP contribution in [0.2, 0.25) is 0 Å². The minimum absolute atomic E-state index is 0.0650. The van der Waals surface area contributed by atoms with E-state index in [0.29, 0.717) is 36.1 Å². The summed E-state index contributed by atoms with van der Waals surface area (Å²) in [7, 11) is 0. The summed E-state index contributed by atoms with van der Waals surface area (Å²) in [5, 5.41) is 4.59. The Morgan fingerprint density at radius 2 is 0.519 bits per heavy atom. The third-order valence-electron chi connectivity index (χ3n) is 22.5. The molecule has 0 radical (unpaired) electrons. The zero-order chi connectivity index (χ0) is 74.2. The predicted octanol–water partition coefficient (Wildman–Crippen LogP) is 33.2. The number of amides is 2.